The smallest absolute Gasteiger partial charge is 0.342 e. The Labute approximate surface area is 183 Å². The van der Waals surface area contributed by atoms with Gasteiger partial charge in [-0.25, -0.2) is 0 Å². The van der Waals surface area contributed by atoms with Crippen LogP contribution in [-0.4, -0.2) is 35.7 Å². The fraction of sp³-hybridized carbons (Fsp3) is 0.348. The van der Waals surface area contributed by atoms with Gasteiger partial charge in [0.2, 0.25) is 11.8 Å². The molecule has 0 bridgehead atoms. The third-order valence-corrected chi connectivity index (χ3v) is 5.23. The maximum atomic E-state index is 12.8. The molecule has 0 spiro atoms. The maximum Gasteiger partial charge on any atom is 0.416 e. The standard InChI is InChI=1S/C23H24F3N3O3/c1-2-3-11-29-14-16(12-20(29)30)22(32)27-18-9-7-15(8-10-18)21(31)28-19-6-4-5-17(13-19)23(24,25)26/h4-10,13,16H,2-3,11-12,14H2,1H3,(H,27,32)(H,28,31). The van der Waals surface area contributed by atoms with E-state index in [1.54, 1.807) is 4.90 Å². The first kappa shape index (κ1) is 23.3. The highest BCUT2D eigenvalue weighted by Gasteiger charge is 2.34. The molecule has 1 aliphatic rings. The summed E-state index contributed by atoms with van der Waals surface area (Å²) in [6.45, 7) is 3.07. The van der Waals surface area contributed by atoms with Crippen molar-refractivity contribution in [2.45, 2.75) is 32.4 Å². The van der Waals surface area contributed by atoms with E-state index < -0.39 is 23.6 Å². The number of amides is 3. The van der Waals surface area contributed by atoms with Crippen molar-refractivity contribution in [3.8, 4) is 0 Å². The zero-order valence-electron chi connectivity index (χ0n) is 17.5. The molecule has 3 amide bonds. The molecule has 3 rings (SSSR count). The lowest BCUT2D eigenvalue weighted by Gasteiger charge is -2.16. The summed E-state index contributed by atoms with van der Waals surface area (Å²) in [4.78, 5) is 38.6. The lowest BCUT2D eigenvalue weighted by Crippen LogP contribution is -2.29. The number of nitrogens with one attached hydrogen (secondary N) is 2. The highest BCUT2D eigenvalue weighted by Crippen LogP contribution is 2.30. The van der Waals surface area contributed by atoms with E-state index in [9.17, 15) is 27.6 Å². The van der Waals surface area contributed by atoms with Crippen LogP contribution in [0.2, 0.25) is 0 Å². The molecule has 0 aliphatic carbocycles. The van der Waals surface area contributed by atoms with Gasteiger partial charge in [0.1, 0.15) is 0 Å². The van der Waals surface area contributed by atoms with Crippen LogP contribution in [0.15, 0.2) is 48.5 Å². The number of hydrogen-bond donors (Lipinski definition) is 2. The lowest BCUT2D eigenvalue weighted by atomic mass is 10.1. The average molecular weight is 447 g/mol. The van der Waals surface area contributed by atoms with Gasteiger partial charge in [-0.1, -0.05) is 19.4 Å². The van der Waals surface area contributed by atoms with Gasteiger partial charge in [-0.05, 0) is 48.9 Å². The monoisotopic (exact) mass is 447 g/mol. The molecule has 32 heavy (non-hydrogen) atoms. The highest BCUT2D eigenvalue weighted by atomic mass is 19.4. The number of nitrogens with zero attached hydrogens (tertiary/aromatic N) is 1. The first-order valence-electron chi connectivity index (χ1n) is 10.3. The number of anilines is 2. The molecule has 0 aromatic heterocycles. The second kappa shape index (κ2) is 9.84. The molecule has 1 heterocycles. The van der Waals surface area contributed by atoms with Gasteiger partial charge in [0.05, 0.1) is 11.5 Å². The molecule has 2 N–H and O–H groups in total. The van der Waals surface area contributed by atoms with E-state index >= 15 is 0 Å². The second-order valence-corrected chi connectivity index (χ2v) is 7.69. The zero-order chi connectivity index (χ0) is 23.3. The lowest BCUT2D eigenvalue weighted by molar-refractivity contribution is -0.137. The molecule has 6 nitrogen and oxygen atoms in total. The van der Waals surface area contributed by atoms with Crippen molar-refractivity contribution in [1.29, 1.82) is 0 Å². The largest absolute Gasteiger partial charge is 0.416 e. The van der Waals surface area contributed by atoms with Crippen LogP contribution in [-0.2, 0) is 15.8 Å². The number of carbonyl (C=O) groups excluding carboxylic acids is 3. The summed E-state index contributed by atoms with van der Waals surface area (Å²) >= 11 is 0. The van der Waals surface area contributed by atoms with Crippen LogP contribution >= 0.6 is 0 Å². The molecule has 1 fully saturated rings. The molecule has 1 saturated heterocycles. The minimum atomic E-state index is -4.50. The molecule has 2 aromatic carbocycles. The van der Waals surface area contributed by atoms with Gasteiger partial charge >= 0.3 is 6.18 Å². The van der Waals surface area contributed by atoms with Gasteiger partial charge in [-0.2, -0.15) is 13.2 Å². The molecule has 1 atom stereocenters. The van der Waals surface area contributed by atoms with E-state index in [1.807, 2.05) is 6.92 Å². The van der Waals surface area contributed by atoms with E-state index in [2.05, 4.69) is 10.6 Å². The molecule has 170 valence electrons. The number of unbranched alkanes of at least 4 members (excludes halogenated alkanes) is 1. The van der Waals surface area contributed by atoms with Crippen LogP contribution < -0.4 is 10.6 Å². The molecule has 0 radical (unpaired) electrons. The van der Waals surface area contributed by atoms with Crippen LogP contribution in [0.4, 0.5) is 24.5 Å². The molecule has 2 aromatic rings. The average Bonchev–Trinajstić information content (AvgIpc) is 3.13. The second-order valence-electron chi connectivity index (χ2n) is 7.69. The number of alkyl halides is 3. The van der Waals surface area contributed by atoms with E-state index in [1.165, 1.54) is 36.4 Å². The predicted octanol–water partition coefficient (Wildman–Crippen LogP) is 4.54. The van der Waals surface area contributed by atoms with Gasteiger partial charge in [0, 0.05) is 36.4 Å². The Kier molecular flexibility index (Phi) is 7.17. The Bertz CT molecular complexity index is 990. The van der Waals surface area contributed by atoms with Crippen molar-refractivity contribution in [3.05, 3.63) is 59.7 Å². The van der Waals surface area contributed by atoms with Gasteiger partial charge < -0.3 is 15.5 Å². The van der Waals surface area contributed by atoms with Crippen LogP contribution in [0.3, 0.4) is 0 Å². The Balaban J connectivity index is 1.57. The summed E-state index contributed by atoms with van der Waals surface area (Å²) < 4.78 is 38.5. The predicted molar refractivity (Wildman–Crippen MR) is 114 cm³/mol. The topological polar surface area (TPSA) is 78.5 Å². The van der Waals surface area contributed by atoms with Crippen molar-refractivity contribution >= 4 is 29.1 Å². The Hall–Kier alpha value is -3.36. The summed E-state index contributed by atoms with van der Waals surface area (Å²) in [5.41, 5.74) is -0.139. The first-order valence-corrected chi connectivity index (χ1v) is 10.3. The van der Waals surface area contributed by atoms with Crippen LogP contribution in [0, 0.1) is 5.92 Å². The Morgan fingerprint density at radius 2 is 1.78 bits per heavy atom. The number of likely N-dealkylation sites (tertiary alicyclic amines) is 1. The minimum absolute atomic E-state index is 0.0276. The first-order chi connectivity index (χ1) is 15.2. The quantitative estimate of drug-likeness (QED) is 0.654. The van der Waals surface area contributed by atoms with Crippen molar-refractivity contribution in [3.63, 3.8) is 0 Å². The van der Waals surface area contributed by atoms with Crippen LogP contribution in [0.1, 0.15) is 42.1 Å². The third kappa shape index (κ3) is 5.87. The number of carbonyl (C=O) groups is 3. The zero-order valence-corrected chi connectivity index (χ0v) is 17.5. The van der Waals surface area contributed by atoms with E-state index in [-0.39, 0.29) is 29.5 Å². The van der Waals surface area contributed by atoms with Crippen molar-refractivity contribution in [1.82, 2.24) is 4.90 Å². The number of rotatable bonds is 7. The Morgan fingerprint density at radius 3 is 2.44 bits per heavy atom. The molecular weight excluding hydrogens is 423 g/mol. The molecule has 0 saturated carbocycles. The number of halogens is 3. The van der Waals surface area contributed by atoms with Crippen LogP contribution in [0.5, 0.6) is 0 Å². The molecule has 1 aliphatic heterocycles. The van der Waals surface area contributed by atoms with E-state index in [0.717, 1.165) is 25.0 Å². The van der Waals surface area contributed by atoms with Crippen molar-refractivity contribution in [2.24, 2.45) is 5.92 Å². The Morgan fingerprint density at radius 1 is 1.06 bits per heavy atom. The summed E-state index contributed by atoms with van der Waals surface area (Å²) in [5, 5.41) is 5.18. The summed E-state index contributed by atoms with van der Waals surface area (Å²) in [5.74, 6) is -1.29. The fourth-order valence-electron chi connectivity index (χ4n) is 3.44. The van der Waals surface area contributed by atoms with E-state index in [0.29, 0.717) is 18.8 Å². The van der Waals surface area contributed by atoms with Gasteiger partial charge in [0.25, 0.3) is 5.91 Å². The number of benzene rings is 2. The van der Waals surface area contributed by atoms with E-state index in [4.69, 9.17) is 0 Å². The number of hydrogen-bond acceptors (Lipinski definition) is 3. The fourth-order valence-corrected chi connectivity index (χ4v) is 3.44. The van der Waals surface area contributed by atoms with Crippen molar-refractivity contribution in [2.75, 3.05) is 23.7 Å². The summed E-state index contributed by atoms with van der Waals surface area (Å²) in [7, 11) is 0. The van der Waals surface area contributed by atoms with Gasteiger partial charge in [0.15, 0.2) is 0 Å². The van der Waals surface area contributed by atoms with Gasteiger partial charge in [-0.3, -0.25) is 14.4 Å². The molecular formula is C23H24F3N3O3. The summed E-state index contributed by atoms with van der Waals surface area (Å²) in [6, 6.07) is 10.4. The summed E-state index contributed by atoms with van der Waals surface area (Å²) in [6.07, 6.45) is -2.47. The van der Waals surface area contributed by atoms with Crippen LogP contribution in [0.25, 0.3) is 0 Å². The normalized spacial score (nSPS) is 16.2. The highest BCUT2D eigenvalue weighted by molar-refractivity contribution is 6.05. The van der Waals surface area contributed by atoms with Gasteiger partial charge in [-0.15, -0.1) is 0 Å². The maximum absolute atomic E-state index is 12.8. The van der Waals surface area contributed by atoms with Crippen molar-refractivity contribution < 1.29 is 27.6 Å². The SMILES string of the molecule is CCCCN1CC(C(=O)Nc2ccc(C(=O)Nc3cccc(C(F)(F)F)c3)cc2)CC1=O. The molecule has 1 unspecified atom stereocenters. The molecule has 9 heteroatoms. The third-order valence-electron chi connectivity index (χ3n) is 5.23. The minimum Gasteiger partial charge on any atom is -0.342 e.